The van der Waals surface area contributed by atoms with Gasteiger partial charge >= 0.3 is 7.32 Å². The van der Waals surface area contributed by atoms with Crippen LogP contribution in [0.1, 0.15) is 41.5 Å². The SMILES string of the molecule is CC1=CC(C)(OB(OC2(C)C=C(C)N=N2)OC2(C)C=C(C)N=N2)N=N1. The van der Waals surface area contributed by atoms with Gasteiger partial charge in [-0.3, -0.25) is 0 Å². The van der Waals surface area contributed by atoms with Crippen LogP contribution < -0.4 is 0 Å². The summed E-state index contributed by atoms with van der Waals surface area (Å²) in [7, 11) is -1.12. The van der Waals surface area contributed by atoms with Crippen molar-refractivity contribution in [3.63, 3.8) is 0 Å². The maximum atomic E-state index is 5.95. The van der Waals surface area contributed by atoms with E-state index in [1.807, 2.05) is 20.8 Å². The van der Waals surface area contributed by atoms with Crippen LogP contribution in [0.4, 0.5) is 0 Å². The van der Waals surface area contributed by atoms with Crippen molar-refractivity contribution in [1.82, 2.24) is 0 Å². The summed E-state index contributed by atoms with van der Waals surface area (Å²) in [6, 6.07) is 0. The Morgan fingerprint density at radius 3 is 1.12 bits per heavy atom. The molecular formula is C15H21BN6O3. The van der Waals surface area contributed by atoms with Crippen LogP contribution in [0.3, 0.4) is 0 Å². The summed E-state index contributed by atoms with van der Waals surface area (Å²) in [5.41, 5.74) is -0.719. The first-order chi connectivity index (χ1) is 11.6. The van der Waals surface area contributed by atoms with Gasteiger partial charge in [-0.1, -0.05) is 0 Å². The summed E-state index contributed by atoms with van der Waals surface area (Å²) >= 11 is 0. The molecule has 3 heterocycles. The van der Waals surface area contributed by atoms with Crippen molar-refractivity contribution in [2.45, 2.75) is 58.7 Å². The van der Waals surface area contributed by atoms with Gasteiger partial charge in [0.25, 0.3) is 0 Å². The van der Waals surface area contributed by atoms with Crippen molar-refractivity contribution in [2.75, 3.05) is 0 Å². The topological polar surface area (TPSA) is 102 Å². The molecule has 0 aromatic rings. The summed E-state index contributed by atoms with van der Waals surface area (Å²) in [6.07, 6.45) is 5.35. The molecule has 0 saturated carbocycles. The second-order valence-electron chi connectivity index (χ2n) is 6.76. The van der Waals surface area contributed by atoms with Gasteiger partial charge in [-0.15, -0.1) is 0 Å². The summed E-state index contributed by atoms with van der Waals surface area (Å²) in [5, 5.41) is 24.4. The first kappa shape index (κ1) is 17.8. The van der Waals surface area contributed by atoms with Crippen LogP contribution in [0.25, 0.3) is 0 Å². The monoisotopic (exact) mass is 344 g/mol. The Hall–Kier alpha value is -2.04. The number of rotatable bonds is 6. The van der Waals surface area contributed by atoms with Crippen molar-refractivity contribution in [3.8, 4) is 0 Å². The highest BCUT2D eigenvalue weighted by Gasteiger charge is 2.45. The molecule has 3 unspecified atom stereocenters. The van der Waals surface area contributed by atoms with E-state index in [1.165, 1.54) is 0 Å². The Morgan fingerprint density at radius 2 is 0.920 bits per heavy atom. The molecule has 0 N–H and O–H groups in total. The lowest BCUT2D eigenvalue weighted by atomic mass is 10.1. The fraction of sp³-hybridized carbons (Fsp3) is 0.600. The fourth-order valence-electron chi connectivity index (χ4n) is 2.70. The molecule has 3 aliphatic heterocycles. The molecule has 0 radical (unpaired) electrons. The first-order valence-corrected chi connectivity index (χ1v) is 7.99. The average Bonchev–Trinajstić information content (AvgIpc) is 3.09. The van der Waals surface area contributed by atoms with Crippen LogP contribution in [0.5, 0.6) is 0 Å². The molecule has 0 amide bonds. The minimum atomic E-state index is -1.12. The lowest BCUT2D eigenvalue weighted by Crippen LogP contribution is -2.46. The van der Waals surface area contributed by atoms with Crippen molar-refractivity contribution in [3.05, 3.63) is 35.3 Å². The Bertz CT molecular complexity index is 661. The average molecular weight is 344 g/mol. The highest BCUT2D eigenvalue weighted by molar-refractivity contribution is 6.37. The van der Waals surface area contributed by atoms with Crippen LogP contribution in [0, 0.1) is 0 Å². The molecule has 3 aliphatic rings. The van der Waals surface area contributed by atoms with Gasteiger partial charge in [-0.25, -0.2) is 0 Å². The van der Waals surface area contributed by atoms with E-state index in [4.69, 9.17) is 14.0 Å². The number of allylic oxidation sites excluding steroid dienone is 3. The number of hydrogen-bond acceptors (Lipinski definition) is 9. The quantitative estimate of drug-likeness (QED) is 0.672. The van der Waals surface area contributed by atoms with Crippen LogP contribution in [0.15, 0.2) is 66.0 Å². The molecule has 132 valence electrons. The van der Waals surface area contributed by atoms with E-state index >= 15 is 0 Å². The zero-order valence-electron chi connectivity index (χ0n) is 15.2. The summed E-state index contributed by atoms with van der Waals surface area (Å²) in [4.78, 5) is 0. The van der Waals surface area contributed by atoms with Crippen LogP contribution in [-0.4, -0.2) is 24.5 Å². The predicted octanol–water partition coefficient (Wildman–Crippen LogP) is 4.28. The zero-order chi connectivity index (χ0) is 18.3. The second-order valence-corrected chi connectivity index (χ2v) is 6.76. The van der Waals surface area contributed by atoms with E-state index < -0.39 is 24.5 Å². The van der Waals surface area contributed by atoms with Gasteiger partial charge in [-0.05, 0) is 59.8 Å². The van der Waals surface area contributed by atoms with E-state index in [9.17, 15) is 0 Å². The van der Waals surface area contributed by atoms with Gasteiger partial charge in [0.15, 0.2) is 17.2 Å². The lowest BCUT2D eigenvalue weighted by Gasteiger charge is -2.30. The third-order valence-electron chi connectivity index (χ3n) is 3.65. The number of nitrogens with zero attached hydrogens (tertiary/aromatic N) is 6. The molecule has 10 heteroatoms. The molecule has 0 aromatic carbocycles. The van der Waals surface area contributed by atoms with Crippen molar-refractivity contribution in [2.24, 2.45) is 30.7 Å². The van der Waals surface area contributed by atoms with Crippen LogP contribution >= 0.6 is 0 Å². The normalized spacial score (nSPS) is 36.0. The van der Waals surface area contributed by atoms with Crippen molar-refractivity contribution < 1.29 is 14.0 Å². The summed E-state index contributed by atoms with van der Waals surface area (Å²) in [5.74, 6) is 0. The molecule has 0 bridgehead atoms. The Labute approximate surface area is 146 Å². The molecule has 25 heavy (non-hydrogen) atoms. The Balaban J connectivity index is 1.81. The molecule has 0 aliphatic carbocycles. The zero-order valence-corrected chi connectivity index (χ0v) is 15.2. The minimum absolute atomic E-state index is 0.756. The van der Waals surface area contributed by atoms with Gasteiger partial charge < -0.3 is 14.0 Å². The Morgan fingerprint density at radius 1 is 0.640 bits per heavy atom. The summed E-state index contributed by atoms with van der Waals surface area (Å²) in [6.45, 7) is 10.8. The largest absolute Gasteiger partial charge is 0.645 e. The number of hydrogen-bond donors (Lipinski definition) is 0. The van der Waals surface area contributed by atoms with Crippen molar-refractivity contribution >= 4 is 7.32 Å². The van der Waals surface area contributed by atoms with E-state index in [2.05, 4.69) is 30.7 Å². The molecule has 0 saturated heterocycles. The second kappa shape index (κ2) is 6.04. The Kier molecular flexibility index (Phi) is 4.30. The molecule has 0 aromatic heterocycles. The smallest absolute Gasteiger partial charge is 0.356 e. The summed E-state index contributed by atoms with van der Waals surface area (Å²) < 4.78 is 17.9. The van der Waals surface area contributed by atoms with Gasteiger partial charge in [0.2, 0.25) is 0 Å². The maximum Gasteiger partial charge on any atom is 0.645 e. The van der Waals surface area contributed by atoms with Gasteiger partial charge in [0, 0.05) is 0 Å². The molecule has 0 fully saturated rings. The van der Waals surface area contributed by atoms with Crippen molar-refractivity contribution in [1.29, 1.82) is 0 Å². The maximum absolute atomic E-state index is 5.95. The molecular weight excluding hydrogens is 323 g/mol. The predicted molar refractivity (Wildman–Crippen MR) is 90.1 cm³/mol. The standard InChI is InChI=1S/C15H21BN6O3/c1-10-7-13(4,20-17-10)23-16(24-14(5)8-11(2)18-21-14)25-15(6)9-12(3)19-22-15/h7-9H,1-6H3. The van der Waals surface area contributed by atoms with Crippen LogP contribution in [0.2, 0.25) is 0 Å². The highest BCUT2D eigenvalue weighted by Crippen LogP contribution is 2.33. The minimum Gasteiger partial charge on any atom is -0.356 e. The first-order valence-electron chi connectivity index (χ1n) is 7.99. The third-order valence-corrected chi connectivity index (χ3v) is 3.65. The van der Waals surface area contributed by atoms with Gasteiger partial charge in [-0.2, -0.15) is 30.7 Å². The van der Waals surface area contributed by atoms with E-state index in [-0.39, 0.29) is 0 Å². The van der Waals surface area contributed by atoms with E-state index in [1.54, 1.807) is 39.0 Å². The molecule has 3 rings (SSSR count). The molecule has 3 atom stereocenters. The fourth-order valence-corrected chi connectivity index (χ4v) is 2.70. The van der Waals surface area contributed by atoms with Gasteiger partial charge in [0.1, 0.15) is 0 Å². The van der Waals surface area contributed by atoms with E-state index in [0.29, 0.717) is 0 Å². The lowest BCUT2D eigenvalue weighted by molar-refractivity contribution is -0.0365. The molecule has 0 spiro atoms. The third kappa shape index (κ3) is 4.14. The highest BCUT2D eigenvalue weighted by atomic mass is 16.8. The molecule has 9 nitrogen and oxygen atoms in total. The van der Waals surface area contributed by atoms with Crippen LogP contribution in [-0.2, 0) is 14.0 Å². The van der Waals surface area contributed by atoms with Gasteiger partial charge in [0.05, 0.1) is 17.1 Å². The number of azo groups is 3. The van der Waals surface area contributed by atoms with E-state index in [0.717, 1.165) is 17.1 Å².